The van der Waals surface area contributed by atoms with Crippen molar-refractivity contribution in [2.45, 2.75) is 63.3 Å². The van der Waals surface area contributed by atoms with E-state index in [4.69, 9.17) is 9.84 Å². The van der Waals surface area contributed by atoms with Crippen molar-refractivity contribution in [2.75, 3.05) is 6.61 Å². The summed E-state index contributed by atoms with van der Waals surface area (Å²) in [6.07, 6.45) is 8.73. The highest BCUT2D eigenvalue weighted by Crippen LogP contribution is 2.48. The number of hydrogen-bond acceptors (Lipinski definition) is 3. The SMILES string of the molecule is OCCCCC1OC1(O)C1CCCCC1. The molecule has 1 saturated heterocycles. The average molecular weight is 214 g/mol. The molecule has 0 aromatic rings. The maximum atomic E-state index is 10.2. The molecule has 0 bridgehead atoms. The lowest BCUT2D eigenvalue weighted by Gasteiger charge is -2.24. The monoisotopic (exact) mass is 214 g/mol. The molecule has 2 rings (SSSR count). The summed E-state index contributed by atoms with van der Waals surface area (Å²) < 4.78 is 5.46. The van der Waals surface area contributed by atoms with Crippen LogP contribution < -0.4 is 0 Å². The molecule has 2 aliphatic rings. The lowest BCUT2D eigenvalue weighted by atomic mass is 9.83. The summed E-state index contributed by atoms with van der Waals surface area (Å²) in [5, 5.41) is 18.9. The fraction of sp³-hybridized carbons (Fsp3) is 1.00. The minimum absolute atomic E-state index is 0.0483. The number of hydrogen-bond donors (Lipinski definition) is 2. The van der Waals surface area contributed by atoms with Gasteiger partial charge in [-0.25, -0.2) is 0 Å². The van der Waals surface area contributed by atoms with Gasteiger partial charge in [-0.1, -0.05) is 19.3 Å². The molecule has 1 aliphatic heterocycles. The van der Waals surface area contributed by atoms with Crippen LogP contribution in [-0.4, -0.2) is 28.7 Å². The van der Waals surface area contributed by atoms with Crippen LogP contribution in [-0.2, 0) is 4.74 Å². The van der Waals surface area contributed by atoms with E-state index < -0.39 is 5.79 Å². The molecule has 2 fully saturated rings. The van der Waals surface area contributed by atoms with Gasteiger partial charge in [0.2, 0.25) is 0 Å². The Balaban J connectivity index is 1.73. The van der Waals surface area contributed by atoms with Crippen LogP contribution in [0.25, 0.3) is 0 Å². The van der Waals surface area contributed by atoms with Crippen molar-refractivity contribution in [3.8, 4) is 0 Å². The minimum Gasteiger partial charge on any atom is -0.396 e. The van der Waals surface area contributed by atoms with Crippen LogP contribution in [0.3, 0.4) is 0 Å². The molecule has 0 spiro atoms. The second-order valence-corrected chi connectivity index (χ2v) is 4.91. The predicted molar refractivity (Wildman–Crippen MR) is 57.3 cm³/mol. The highest BCUT2D eigenvalue weighted by atomic mass is 16.7. The van der Waals surface area contributed by atoms with Crippen LogP contribution in [0.15, 0.2) is 0 Å². The van der Waals surface area contributed by atoms with Crippen LogP contribution in [0.1, 0.15) is 51.4 Å². The molecule has 88 valence electrons. The van der Waals surface area contributed by atoms with E-state index in [1.807, 2.05) is 0 Å². The lowest BCUT2D eigenvalue weighted by Crippen LogP contribution is -2.28. The molecule has 1 heterocycles. The molecule has 1 saturated carbocycles. The summed E-state index contributed by atoms with van der Waals surface area (Å²) in [5.74, 6) is -0.430. The van der Waals surface area contributed by atoms with Gasteiger partial charge in [-0.3, -0.25) is 0 Å². The van der Waals surface area contributed by atoms with Crippen molar-refractivity contribution < 1.29 is 14.9 Å². The highest BCUT2D eigenvalue weighted by molar-refractivity contribution is 4.98. The van der Waals surface area contributed by atoms with E-state index in [1.165, 1.54) is 19.3 Å². The van der Waals surface area contributed by atoms with E-state index in [1.54, 1.807) is 0 Å². The van der Waals surface area contributed by atoms with E-state index in [0.717, 1.165) is 32.1 Å². The van der Waals surface area contributed by atoms with Crippen molar-refractivity contribution in [1.82, 2.24) is 0 Å². The van der Waals surface area contributed by atoms with Crippen molar-refractivity contribution >= 4 is 0 Å². The van der Waals surface area contributed by atoms with Gasteiger partial charge in [0, 0.05) is 12.5 Å². The predicted octanol–water partition coefficient (Wildman–Crippen LogP) is 1.82. The van der Waals surface area contributed by atoms with Crippen LogP contribution in [0.4, 0.5) is 0 Å². The average Bonchev–Trinajstić information content (AvgIpc) is 2.93. The van der Waals surface area contributed by atoms with E-state index in [0.29, 0.717) is 5.92 Å². The molecular formula is C12H22O3. The van der Waals surface area contributed by atoms with E-state index in [-0.39, 0.29) is 12.7 Å². The molecular weight excluding hydrogens is 192 g/mol. The standard InChI is InChI=1S/C12H22O3/c13-9-5-4-8-11-12(14,15-11)10-6-2-1-3-7-10/h10-11,13-14H,1-9H2. The number of rotatable bonds is 5. The maximum Gasteiger partial charge on any atom is 0.195 e. The first-order chi connectivity index (χ1) is 7.27. The van der Waals surface area contributed by atoms with Crippen LogP contribution >= 0.6 is 0 Å². The Hall–Kier alpha value is -0.120. The first-order valence-corrected chi connectivity index (χ1v) is 6.28. The molecule has 15 heavy (non-hydrogen) atoms. The minimum atomic E-state index is -0.796. The maximum absolute atomic E-state index is 10.2. The Kier molecular flexibility index (Phi) is 3.65. The smallest absolute Gasteiger partial charge is 0.195 e. The molecule has 1 aliphatic carbocycles. The molecule has 3 heteroatoms. The molecule has 0 radical (unpaired) electrons. The van der Waals surface area contributed by atoms with Gasteiger partial charge in [0.25, 0.3) is 0 Å². The normalized spacial score (nSPS) is 36.8. The fourth-order valence-electron chi connectivity index (χ4n) is 2.78. The van der Waals surface area contributed by atoms with Gasteiger partial charge in [-0.05, 0) is 32.1 Å². The zero-order valence-electron chi connectivity index (χ0n) is 9.32. The number of aliphatic hydroxyl groups is 2. The van der Waals surface area contributed by atoms with E-state index >= 15 is 0 Å². The van der Waals surface area contributed by atoms with Crippen LogP contribution in [0, 0.1) is 5.92 Å². The van der Waals surface area contributed by atoms with Crippen molar-refractivity contribution in [1.29, 1.82) is 0 Å². The summed E-state index contributed by atoms with van der Waals surface area (Å²) in [5.41, 5.74) is 0. The van der Waals surface area contributed by atoms with Gasteiger partial charge >= 0.3 is 0 Å². The van der Waals surface area contributed by atoms with Crippen molar-refractivity contribution in [3.05, 3.63) is 0 Å². The second kappa shape index (κ2) is 4.81. The van der Waals surface area contributed by atoms with Crippen LogP contribution in [0.5, 0.6) is 0 Å². The molecule has 3 nitrogen and oxygen atoms in total. The molecule has 0 aromatic heterocycles. The number of unbranched alkanes of at least 4 members (excludes halogenated alkanes) is 1. The second-order valence-electron chi connectivity index (χ2n) is 4.91. The summed E-state index contributed by atoms with van der Waals surface area (Å²) >= 11 is 0. The van der Waals surface area contributed by atoms with Gasteiger partial charge in [-0.15, -0.1) is 0 Å². The van der Waals surface area contributed by atoms with E-state index in [2.05, 4.69) is 0 Å². The summed E-state index contributed by atoms with van der Waals surface area (Å²) in [4.78, 5) is 0. The summed E-state index contributed by atoms with van der Waals surface area (Å²) in [6.45, 7) is 0.245. The number of epoxide rings is 1. The lowest BCUT2D eigenvalue weighted by molar-refractivity contribution is -0.0309. The first kappa shape index (κ1) is 11.4. The topological polar surface area (TPSA) is 53.0 Å². The first-order valence-electron chi connectivity index (χ1n) is 6.28. The molecule has 2 atom stereocenters. The third kappa shape index (κ3) is 2.52. The molecule has 0 aromatic carbocycles. The number of aliphatic hydroxyl groups excluding tert-OH is 1. The summed E-state index contributed by atoms with van der Waals surface area (Å²) in [6, 6.07) is 0. The fourth-order valence-corrected chi connectivity index (χ4v) is 2.78. The van der Waals surface area contributed by atoms with Crippen molar-refractivity contribution in [2.24, 2.45) is 5.92 Å². The third-order valence-electron chi connectivity index (χ3n) is 3.80. The van der Waals surface area contributed by atoms with Gasteiger partial charge in [0.1, 0.15) is 6.10 Å². The Morgan fingerprint density at radius 1 is 1.13 bits per heavy atom. The number of ether oxygens (including phenoxy) is 1. The zero-order valence-corrected chi connectivity index (χ0v) is 9.32. The molecule has 0 amide bonds. The molecule has 2 unspecified atom stereocenters. The van der Waals surface area contributed by atoms with Gasteiger partial charge in [-0.2, -0.15) is 0 Å². The van der Waals surface area contributed by atoms with Crippen molar-refractivity contribution in [3.63, 3.8) is 0 Å². The summed E-state index contributed by atoms with van der Waals surface area (Å²) in [7, 11) is 0. The highest BCUT2D eigenvalue weighted by Gasteiger charge is 2.59. The Bertz CT molecular complexity index is 199. The third-order valence-corrected chi connectivity index (χ3v) is 3.80. The van der Waals surface area contributed by atoms with E-state index in [9.17, 15) is 5.11 Å². The van der Waals surface area contributed by atoms with Crippen LogP contribution in [0.2, 0.25) is 0 Å². The zero-order chi connectivity index (χ0) is 10.7. The Morgan fingerprint density at radius 3 is 2.53 bits per heavy atom. The van der Waals surface area contributed by atoms with Gasteiger partial charge in [0.05, 0.1) is 0 Å². The largest absolute Gasteiger partial charge is 0.396 e. The quantitative estimate of drug-likeness (QED) is 0.542. The van der Waals surface area contributed by atoms with Gasteiger partial charge in [0.15, 0.2) is 5.79 Å². The Labute approximate surface area is 91.4 Å². The molecule has 2 N–H and O–H groups in total. The van der Waals surface area contributed by atoms with Gasteiger partial charge < -0.3 is 14.9 Å². The Morgan fingerprint density at radius 2 is 1.87 bits per heavy atom.